The van der Waals surface area contributed by atoms with Crippen molar-refractivity contribution in [1.29, 1.82) is 0 Å². The summed E-state index contributed by atoms with van der Waals surface area (Å²) in [5.74, 6) is 1.13. The summed E-state index contributed by atoms with van der Waals surface area (Å²) in [6.07, 6.45) is 5.30. The van der Waals surface area contributed by atoms with Crippen molar-refractivity contribution in [3.05, 3.63) is 23.5 Å². The van der Waals surface area contributed by atoms with Crippen molar-refractivity contribution in [2.45, 2.75) is 12.8 Å². The minimum absolute atomic E-state index is 0.131. The zero-order valence-electron chi connectivity index (χ0n) is 10.7. The molecule has 1 aliphatic rings. The lowest BCUT2D eigenvalue weighted by molar-refractivity contribution is 0.438. The number of nitrogens with two attached hydrogens (primary N) is 1. The maximum atomic E-state index is 5.85. The Labute approximate surface area is 120 Å². The van der Waals surface area contributed by atoms with Crippen molar-refractivity contribution in [2.24, 2.45) is 0 Å². The van der Waals surface area contributed by atoms with E-state index in [1.54, 1.807) is 6.07 Å². The molecule has 1 fully saturated rings. The summed E-state index contributed by atoms with van der Waals surface area (Å²) >= 11 is 5.85. The minimum atomic E-state index is 0.131. The summed E-state index contributed by atoms with van der Waals surface area (Å²) in [4.78, 5) is 18.4. The van der Waals surface area contributed by atoms with Crippen LogP contribution in [0.15, 0.2) is 18.5 Å². The highest BCUT2D eigenvalue weighted by molar-refractivity contribution is 6.30. The third-order valence-electron chi connectivity index (χ3n) is 2.90. The molecule has 0 bridgehead atoms. The molecule has 20 heavy (non-hydrogen) atoms. The van der Waals surface area contributed by atoms with Crippen molar-refractivity contribution in [1.82, 2.24) is 19.9 Å². The fraction of sp³-hybridized carbons (Fsp3) is 0.333. The summed E-state index contributed by atoms with van der Waals surface area (Å²) in [6.45, 7) is 1.84. The van der Waals surface area contributed by atoms with Crippen LogP contribution in [0.2, 0.25) is 5.02 Å². The van der Waals surface area contributed by atoms with Gasteiger partial charge >= 0.3 is 6.01 Å². The first-order valence-corrected chi connectivity index (χ1v) is 6.63. The number of hydrogen-bond donors (Lipinski definition) is 1. The number of nitrogens with zero attached hydrogens (tertiary/aromatic N) is 5. The molecule has 104 valence electrons. The molecule has 0 atom stereocenters. The van der Waals surface area contributed by atoms with Crippen molar-refractivity contribution >= 4 is 23.5 Å². The van der Waals surface area contributed by atoms with E-state index in [1.165, 1.54) is 12.4 Å². The second-order valence-corrected chi connectivity index (χ2v) is 4.85. The van der Waals surface area contributed by atoms with Gasteiger partial charge in [-0.2, -0.15) is 15.0 Å². The highest BCUT2D eigenvalue weighted by Gasteiger charge is 2.17. The Hall–Kier alpha value is -2.15. The van der Waals surface area contributed by atoms with Crippen molar-refractivity contribution in [2.75, 3.05) is 23.7 Å². The lowest BCUT2D eigenvalue weighted by Crippen LogP contribution is -2.21. The van der Waals surface area contributed by atoms with Crippen LogP contribution >= 0.6 is 11.6 Å². The summed E-state index contributed by atoms with van der Waals surface area (Å²) in [5.41, 5.74) is 5.70. The molecule has 0 radical (unpaired) electrons. The Morgan fingerprint density at radius 3 is 2.70 bits per heavy atom. The van der Waals surface area contributed by atoms with E-state index in [0.29, 0.717) is 16.7 Å². The number of halogens is 1. The molecule has 2 aromatic rings. The van der Waals surface area contributed by atoms with Crippen LogP contribution in [-0.4, -0.2) is 33.0 Å². The maximum absolute atomic E-state index is 5.85. The molecule has 3 heterocycles. The smallest absolute Gasteiger partial charge is 0.328 e. The summed E-state index contributed by atoms with van der Waals surface area (Å²) in [6, 6.07) is 1.77. The highest BCUT2D eigenvalue weighted by atomic mass is 35.5. The third-order valence-corrected chi connectivity index (χ3v) is 3.10. The molecular formula is C12H13ClN6O. The first kappa shape index (κ1) is 12.9. The number of hydrogen-bond acceptors (Lipinski definition) is 7. The van der Waals surface area contributed by atoms with Crippen molar-refractivity contribution in [3.63, 3.8) is 0 Å². The van der Waals surface area contributed by atoms with Gasteiger partial charge in [-0.3, -0.25) is 4.98 Å². The van der Waals surface area contributed by atoms with E-state index in [2.05, 4.69) is 24.8 Å². The molecule has 1 saturated heterocycles. The summed E-state index contributed by atoms with van der Waals surface area (Å²) < 4.78 is 5.52. The first-order valence-electron chi connectivity index (χ1n) is 6.25. The standard InChI is InChI=1S/C12H13ClN6O/c13-8-5-9(7-15-6-8)20-12-17-10(14)16-11(18-12)19-3-1-2-4-19/h5-7H,1-4H2,(H2,14,16,17,18). The molecule has 0 aliphatic carbocycles. The number of aromatic nitrogens is 4. The summed E-state index contributed by atoms with van der Waals surface area (Å²) in [5, 5.41) is 0.476. The van der Waals surface area contributed by atoms with Gasteiger partial charge in [-0.15, -0.1) is 0 Å². The summed E-state index contributed by atoms with van der Waals surface area (Å²) in [7, 11) is 0. The molecule has 0 saturated carbocycles. The Kier molecular flexibility index (Phi) is 3.51. The molecule has 3 rings (SSSR count). The van der Waals surface area contributed by atoms with Gasteiger partial charge in [0.25, 0.3) is 0 Å². The zero-order chi connectivity index (χ0) is 13.9. The van der Waals surface area contributed by atoms with E-state index in [1.807, 2.05) is 0 Å². The van der Waals surface area contributed by atoms with Crippen LogP contribution in [0.4, 0.5) is 11.9 Å². The van der Waals surface area contributed by atoms with E-state index in [0.717, 1.165) is 25.9 Å². The number of anilines is 2. The van der Waals surface area contributed by atoms with Gasteiger partial charge in [0.2, 0.25) is 11.9 Å². The second-order valence-electron chi connectivity index (χ2n) is 4.41. The molecular weight excluding hydrogens is 280 g/mol. The van der Waals surface area contributed by atoms with Gasteiger partial charge in [0.05, 0.1) is 11.2 Å². The Bertz CT molecular complexity index is 617. The third kappa shape index (κ3) is 2.88. The zero-order valence-corrected chi connectivity index (χ0v) is 11.4. The minimum Gasteiger partial charge on any atom is -0.422 e. The van der Waals surface area contributed by atoms with E-state index >= 15 is 0 Å². The van der Waals surface area contributed by atoms with Gasteiger partial charge in [0, 0.05) is 25.4 Å². The molecule has 1 aliphatic heterocycles. The van der Waals surface area contributed by atoms with Crippen molar-refractivity contribution in [3.8, 4) is 11.8 Å². The van der Waals surface area contributed by atoms with Crippen LogP contribution in [0.1, 0.15) is 12.8 Å². The average Bonchev–Trinajstić information content (AvgIpc) is 2.91. The van der Waals surface area contributed by atoms with Gasteiger partial charge in [-0.1, -0.05) is 11.6 Å². The molecule has 2 aromatic heterocycles. The lowest BCUT2D eigenvalue weighted by atomic mass is 10.4. The van der Waals surface area contributed by atoms with E-state index in [4.69, 9.17) is 22.1 Å². The molecule has 0 aromatic carbocycles. The quantitative estimate of drug-likeness (QED) is 0.924. The van der Waals surface area contributed by atoms with Crippen LogP contribution < -0.4 is 15.4 Å². The maximum Gasteiger partial charge on any atom is 0.328 e. The van der Waals surface area contributed by atoms with Crippen LogP contribution in [0.5, 0.6) is 11.8 Å². The van der Waals surface area contributed by atoms with Gasteiger partial charge in [0.15, 0.2) is 5.75 Å². The molecule has 7 nitrogen and oxygen atoms in total. The van der Waals surface area contributed by atoms with Gasteiger partial charge < -0.3 is 15.4 Å². The monoisotopic (exact) mass is 292 g/mol. The van der Waals surface area contributed by atoms with Crippen LogP contribution in [0.25, 0.3) is 0 Å². The number of pyridine rings is 1. The lowest BCUT2D eigenvalue weighted by Gasteiger charge is -2.15. The average molecular weight is 293 g/mol. The Balaban J connectivity index is 1.85. The van der Waals surface area contributed by atoms with Gasteiger partial charge in [-0.25, -0.2) is 0 Å². The largest absolute Gasteiger partial charge is 0.422 e. The number of nitrogen functional groups attached to an aromatic ring is 1. The molecule has 0 spiro atoms. The molecule has 8 heteroatoms. The Morgan fingerprint density at radius 1 is 1.15 bits per heavy atom. The van der Waals surface area contributed by atoms with E-state index in [-0.39, 0.29) is 12.0 Å². The van der Waals surface area contributed by atoms with Crippen LogP contribution in [0, 0.1) is 0 Å². The highest BCUT2D eigenvalue weighted by Crippen LogP contribution is 2.23. The molecule has 0 unspecified atom stereocenters. The Morgan fingerprint density at radius 2 is 1.95 bits per heavy atom. The fourth-order valence-corrected chi connectivity index (χ4v) is 2.18. The topological polar surface area (TPSA) is 90.0 Å². The fourth-order valence-electron chi connectivity index (χ4n) is 2.02. The second kappa shape index (κ2) is 5.46. The number of rotatable bonds is 3. The first-order chi connectivity index (χ1) is 9.70. The van der Waals surface area contributed by atoms with Gasteiger partial charge in [0.1, 0.15) is 0 Å². The normalized spacial score (nSPS) is 14.6. The van der Waals surface area contributed by atoms with E-state index < -0.39 is 0 Å². The predicted octanol–water partition coefficient (Wildman–Crippen LogP) is 1.89. The number of ether oxygens (including phenoxy) is 1. The predicted molar refractivity (Wildman–Crippen MR) is 75.0 cm³/mol. The van der Waals surface area contributed by atoms with E-state index in [9.17, 15) is 0 Å². The van der Waals surface area contributed by atoms with Crippen LogP contribution in [-0.2, 0) is 0 Å². The van der Waals surface area contributed by atoms with Crippen LogP contribution in [0.3, 0.4) is 0 Å². The molecule has 0 amide bonds. The van der Waals surface area contributed by atoms with Crippen molar-refractivity contribution < 1.29 is 4.74 Å². The SMILES string of the molecule is Nc1nc(Oc2cncc(Cl)c2)nc(N2CCCC2)n1. The van der Waals surface area contributed by atoms with Gasteiger partial charge in [-0.05, 0) is 12.8 Å². The molecule has 2 N–H and O–H groups in total.